The number of hydrogen-bond donors (Lipinski definition) is 2. The van der Waals surface area contributed by atoms with Crippen LogP contribution < -0.4 is 15.9 Å². The van der Waals surface area contributed by atoms with E-state index in [-0.39, 0.29) is 0 Å². The molecular formula is C26H24NOP. The highest BCUT2D eigenvalue weighted by Gasteiger charge is 2.10. The number of aromatic hydroxyl groups is 1. The maximum absolute atomic E-state index is 10.9. The summed E-state index contributed by atoms with van der Waals surface area (Å²) in [5.74, 6) is 0.417. The number of para-hydroxylation sites is 2. The minimum Gasteiger partial charge on any atom is -0.507 e. The fourth-order valence-corrected chi connectivity index (χ4v) is 4.61. The zero-order valence-corrected chi connectivity index (χ0v) is 17.2. The summed E-state index contributed by atoms with van der Waals surface area (Å²) in [6.45, 7) is 0.762. The van der Waals surface area contributed by atoms with Crippen LogP contribution in [0, 0.1) is 0 Å². The van der Waals surface area contributed by atoms with Crippen molar-refractivity contribution in [3.05, 3.63) is 120 Å². The summed E-state index contributed by atoms with van der Waals surface area (Å²) in [6, 6.07) is 35.1. The van der Waals surface area contributed by atoms with E-state index in [0.717, 1.165) is 29.5 Å². The van der Waals surface area contributed by atoms with Gasteiger partial charge in [0.15, 0.2) is 0 Å². The van der Waals surface area contributed by atoms with Crippen molar-refractivity contribution in [2.75, 3.05) is 5.32 Å². The SMILES string of the molecule is Oc1c(Cc2ccccc2)cccc1Pc1ccccc1CNc1ccccc1. The van der Waals surface area contributed by atoms with E-state index in [1.165, 1.54) is 16.4 Å². The van der Waals surface area contributed by atoms with Gasteiger partial charge < -0.3 is 10.4 Å². The van der Waals surface area contributed by atoms with Crippen LogP contribution in [0.4, 0.5) is 5.69 Å². The van der Waals surface area contributed by atoms with Gasteiger partial charge in [0, 0.05) is 24.0 Å². The van der Waals surface area contributed by atoms with Crippen LogP contribution in [0.25, 0.3) is 0 Å². The van der Waals surface area contributed by atoms with Gasteiger partial charge in [0.25, 0.3) is 0 Å². The van der Waals surface area contributed by atoms with E-state index in [1.807, 2.05) is 54.6 Å². The average Bonchev–Trinajstić information content (AvgIpc) is 2.77. The quantitative estimate of drug-likeness (QED) is 0.419. The lowest BCUT2D eigenvalue weighted by atomic mass is 10.0. The predicted molar refractivity (Wildman–Crippen MR) is 125 cm³/mol. The molecule has 0 aromatic heterocycles. The largest absolute Gasteiger partial charge is 0.507 e. The first kappa shape index (κ1) is 19.2. The van der Waals surface area contributed by atoms with E-state index >= 15 is 0 Å². The summed E-state index contributed by atoms with van der Waals surface area (Å²) in [5.41, 5.74) is 4.54. The standard InChI is InChI=1S/C26H24NOP/c28-26-21(18-20-10-3-1-4-11-20)13-9-17-25(26)29-24-16-8-7-12-22(24)19-27-23-14-5-2-6-15-23/h1-17,27-29H,18-19H2. The van der Waals surface area contributed by atoms with Crippen molar-refractivity contribution in [3.8, 4) is 5.75 Å². The zero-order chi connectivity index (χ0) is 19.9. The molecule has 1 atom stereocenters. The van der Waals surface area contributed by atoms with E-state index in [1.54, 1.807) is 0 Å². The molecule has 0 aliphatic carbocycles. The van der Waals surface area contributed by atoms with E-state index in [9.17, 15) is 5.11 Å². The molecular weight excluding hydrogens is 373 g/mol. The van der Waals surface area contributed by atoms with Crippen LogP contribution in [0.5, 0.6) is 5.75 Å². The van der Waals surface area contributed by atoms with Gasteiger partial charge >= 0.3 is 0 Å². The normalized spacial score (nSPS) is 11.0. The molecule has 4 aromatic carbocycles. The lowest BCUT2D eigenvalue weighted by molar-refractivity contribution is 0.474. The van der Waals surface area contributed by atoms with Crippen molar-refractivity contribution in [3.63, 3.8) is 0 Å². The third-order valence-electron chi connectivity index (χ3n) is 4.90. The van der Waals surface area contributed by atoms with Gasteiger partial charge in [-0.2, -0.15) is 0 Å². The Morgan fingerprint density at radius 3 is 2.03 bits per heavy atom. The summed E-state index contributed by atoms with van der Waals surface area (Å²) in [4.78, 5) is 0. The van der Waals surface area contributed by atoms with Crippen LogP contribution >= 0.6 is 8.58 Å². The minimum absolute atomic E-state index is 0.409. The first-order valence-corrected chi connectivity index (χ1v) is 10.8. The Labute approximate surface area is 174 Å². The van der Waals surface area contributed by atoms with Gasteiger partial charge in [-0.15, -0.1) is 0 Å². The maximum atomic E-state index is 10.9. The molecule has 0 amide bonds. The van der Waals surface area contributed by atoms with E-state index in [4.69, 9.17) is 0 Å². The van der Waals surface area contributed by atoms with Crippen molar-refractivity contribution in [1.29, 1.82) is 0 Å². The molecule has 2 N–H and O–H groups in total. The smallest absolute Gasteiger partial charge is 0.126 e. The maximum Gasteiger partial charge on any atom is 0.126 e. The van der Waals surface area contributed by atoms with E-state index < -0.39 is 0 Å². The molecule has 0 aliphatic rings. The number of hydrogen-bond acceptors (Lipinski definition) is 2. The van der Waals surface area contributed by atoms with Crippen LogP contribution in [0.1, 0.15) is 16.7 Å². The van der Waals surface area contributed by atoms with Crippen molar-refractivity contribution < 1.29 is 5.11 Å². The fraction of sp³-hybridized carbons (Fsp3) is 0.0769. The second-order valence-electron chi connectivity index (χ2n) is 6.98. The van der Waals surface area contributed by atoms with Gasteiger partial charge in [-0.05, 0) is 34.1 Å². The molecule has 4 aromatic rings. The molecule has 0 bridgehead atoms. The summed E-state index contributed by atoms with van der Waals surface area (Å²) < 4.78 is 0. The van der Waals surface area contributed by atoms with Crippen LogP contribution in [-0.4, -0.2) is 5.11 Å². The van der Waals surface area contributed by atoms with Gasteiger partial charge in [0.05, 0.1) is 0 Å². The molecule has 0 heterocycles. The predicted octanol–water partition coefficient (Wildman–Crippen LogP) is 5.22. The summed E-state index contributed by atoms with van der Waals surface area (Å²) in [6.07, 6.45) is 0.738. The van der Waals surface area contributed by atoms with Gasteiger partial charge in [-0.25, -0.2) is 0 Å². The third kappa shape index (κ3) is 5.04. The van der Waals surface area contributed by atoms with Crippen molar-refractivity contribution >= 4 is 24.9 Å². The molecule has 2 nitrogen and oxygen atoms in total. The lowest BCUT2D eigenvalue weighted by Gasteiger charge is -2.14. The Balaban J connectivity index is 1.53. The second kappa shape index (κ2) is 9.41. The summed E-state index contributed by atoms with van der Waals surface area (Å²) in [7, 11) is 0.409. The molecule has 3 heteroatoms. The average molecular weight is 397 g/mol. The van der Waals surface area contributed by atoms with Gasteiger partial charge in [-0.1, -0.05) is 99.6 Å². The molecule has 4 rings (SSSR count). The van der Waals surface area contributed by atoms with Crippen molar-refractivity contribution in [1.82, 2.24) is 0 Å². The number of rotatable bonds is 7. The number of phenolic OH excluding ortho intramolecular Hbond substituents is 1. The Morgan fingerprint density at radius 2 is 1.24 bits per heavy atom. The molecule has 0 radical (unpaired) electrons. The van der Waals surface area contributed by atoms with Gasteiger partial charge in [0.2, 0.25) is 0 Å². The van der Waals surface area contributed by atoms with Crippen molar-refractivity contribution in [2.24, 2.45) is 0 Å². The highest BCUT2D eigenvalue weighted by atomic mass is 31.1. The molecule has 144 valence electrons. The van der Waals surface area contributed by atoms with E-state index in [0.29, 0.717) is 14.3 Å². The van der Waals surface area contributed by atoms with Crippen LogP contribution in [0.3, 0.4) is 0 Å². The second-order valence-corrected chi connectivity index (χ2v) is 8.30. The Morgan fingerprint density at radius 1 is 0.621 bits per heavy atom. The minimum atomic E-state index is 0.409. The van der Waals surface area contributed by atoms with Crippen LogP contribution in [0.2, 0.25) is 0 Å². The molecule has 29 heavy (non-hydrogen) atoms. The highest BCUT2D eigenvalue weighted by Crippen LogP contribution is 2.25. The Hall–Kier alpha value is -3.09. The number of anilines is 1. The number of nitrogens with one attached hydrogen (secondary N) is 1. The number of benzene rings is 4. The van der Waals surface area contributed by atoms with E-state index in [2.05, 4.69) is 53.8 Å². The van der Waals surface area contributed by atoms with Crippen LogP contribution in [0.15, 0.2) is 103 Å². The lowest BCUT2D eigenvalue weighted by Crippen LogP contribution is -2.13. The van der Waals surface area contributed by atoms with Crippen molar-refractivity contribution in [2.45, 2.75) is 13.0 Å². The first-order chi connectivity index (χ1) is 14.3. The fourth-order valence-electron chi connectivity index (χ4n) is 3.35. The molecule has 0 saturated carbocycles. The summed E-state index contributed by atoms with van der Waals surface area (Å²) >= 11 is 0. The molecule has 0 saturated heterocycles. The molecule has 0 aliphatic heterocycles. The van der Waals surface area contributed by atoms with Crippen LogP contribution in [-0.2, 0) is 13.0 Å². The molecule has 0 fully saturated rings. The first-order valence-electron chi connectivity index (χ1n) is 9.78. The van der Waals surface area contributed by atoms with Gasteiger partial charge in [0.1, 0.15) is 5.75 Å². The monoisotopic (exact) mass is 397 g/mol. The zero-order valence-electron chi connectivity index (χ0n) is 16.2. The number of phenols is 1. The molecule has 0 spiro atoms. The Bertz CT molecular complexity index is 1060. The Kier molecular flexibility index (Phi) is 6.24. The topological polar surface area (TPSA) is 32.3 Å². The summed E-state index contributed by atoms with van der Waals surface area (Å²) in [5, 5.41) is 16.6. The molecule has 1 unspecified atom stereocenters. The highest BCUT2D eigenvalue weighted by molar-refractivity contribution is 7.55. The third-order valence-corrected chi connectivity index (χ3v) is 6.33. The van der Waals surface area contributed by atoms with Gasteiger partial charge in [-0.3, -0.25) is 0 Å².